The molecule has 1 aliphatic heterocycles. The minimum atomic E-state index is -3.88. The molecular formula is C17H21FN4O3S. The lowest BCUT2D eigenvalue weighted by atomic mass is 10.1. The molecule has 9 heteroatoms. The Morgan fingerprint density at radius 2 is 2.00 bits per heavy atom. The zero-order valence-electron chi connectivity index (χ0n) is 14.5. The number of halogens is 1. The Morgan fingerprint density at radius 1 is 1.23 bits per heavy atom. The van der Waals surface area contributed by atoms with Crippen LogP contribution in [0.15, 0.2) is 35.4 Å². The van der Waals surface area contributed by atoms with Crippen LogP contribution >= 0.6 is 0 Å². The number of hydrogen-bond acceptors (Lipinski definition) is 6. The third-order valence-corrected chi connectivity index (χ3v) is 5.62. The van der Waals surface area contributed by atoms with Gasteiger partial charge in [0.1, 0.15) is 11.6 Å². The molecule has 1 aromatic carbocycles. The topological polar surface area (TPSA) is 84.4 Å². The molecule has 140 valence electrons. The van der Waals surface area contributed by atoms with Crippen molar-refractivity contribution in [3.05, 3.63) is 42.1 Å². The van der Waals surface area contributed by atoms with E-state index < -0.39 is 15.8 Å². The summed E-state index contributed by atoms with van der Waals surface area (Å²) in [6.07, 6.45) is 5.07. The van der Waals surface area contributed by atoms with E-state index in [4.69, 9.17) is 4.74 Å². The summed E-state index contributed by atoms with van der Waals surface area (Å²) in [5, 5.41) is 0. The van der Waals surface area contributed by atoms with Crippen molar-refractivity contribution in [1.29, 1.82) is 0 Å². The summed E-state index contributed by atoms with van der Waals surface area (Å²) < 4.78 is 45.7. The van der Waals surface area contributed by atoms with E-state index in [0.29, 0.717) is 5.82 Å². The van der Waals surface area contributed by atoms with Crippen molar-refractivity contribution in [1.82, 2.24) is 14.7 Å². The molecular weight excluding hydrogens is 359 g/mol. The van der Waals surface area contributed by atoms with Crippen LogP contribution in [0.4, 0.5) is 10.2 Å². The van der Waals surface area contributed by atoms with Gasteiger partial charge >= 0.3 is 0 Å². The molecule has 3 rings (SSSR count). The first-order valence-electron chi connectivity index (χ1n) is 8.40. The molecule has 1 fully saturated rings. The first-order valence-corrected chi connectivity index (χ1v) is 9.88. The Morgan fingerprint density at radius 3 is 2.69 bits per heavy atom. The smallest absolute Gasteiger partial charge is 0.241 e. The molecule has 1 N–H and O–H groups in total. The average molecular weight is 380 g/mol. The van der Waals surface area contributed by atoms with Gasteiger partial charge in [0.2, 0.25) is 10.0 Å². The second-order valence-electron chi connectivity index (χ2n) is 6.00. The summed E-state index contributed by atoms with van der Waals surface area (Å²) in [6.45, 7) is 1.80. The van der Waals surface area contributed by atoms with E-state index in [2.05, 4.69) is 19.6 Å². The van der Waals surface area contributed by atoms with Crippen LogP contribution in [-0.4, -0.2) is 38.6 Å². The number of aromatic nitrogens is 2. The van der Waals surface area contributed by atoms with Gasteiger partial charge in [0.25, 0.3) is 0 Å². The largest absolute Gasteiger partial charge is 0.494 e. The second kappa shape index (κ2) is 7.96. The summed E-state index contributed by atoms with van der Waals surface area (Å²) in [5.41, 5.74) is 0. The first-order chi connectivity index (χ1) is 12.5. The first kappa shape index (κ1) is 18.5. The molecule has 0 aliphatic carbocycles. The maximum Gasteiger partial charge on any atom is 0.241 e. The Bertz CT molecular complexity index is 870. The molecule has 0 amide bonds. The minimum absolute atomic E-state index is 0.0125. The number of nitrogens with zero attached hydrogens (tertiary/aromatic N) is 3. The molecule has 26 heavy (non-hydrogen) atoms. The Labute approximate surface area is 152 Å². The Kier molecular flexibility index (Phi) is 5.67. The predicted molar refractivity (Wildman–Crippen MR) is 95.1 cm³/mol. The Balaban J connectivity index is 1.70. The number of nitrogens with one attached hydrogen (secondary N) is 1. The highest BCUT2D eigenvalue weighted by Gasteiger charge is 2.18. The van der Waals surface area contributed by atoms with Crippen LogP contribution in [0, 0.1) is 5.82 Å². The third kappa shape index (κ3) is 4.28. The zero-order valence-corrected chi connectivity index (χ0v) is 15.3. The lowest BCUT2D eigenvalue weighted by Crippen LogP contribution is -2.31. The summed E-state index contributed by atoms with van der Waals surface area (Å²) >= 11 is 0. The fourth-order valence-corrected chi connectivity index (χ4v) is 3.82. The summed E-state index contributed by atoms with van der Waals surface area (Å²) in [5.74, 6) is 0.412. The molecule has 0 saturated carbocycles. The molecule has 0 radical (unpaired) electrons. The van der Waals surface area contributed by atoms with Gasteiger partial charge in [-0.05, 0) is 43.5 Å². The van der Waals surface area contributed by atoms with Gasteiger partial charge in [0.05, 0.1) is 18.6 Å². The number of rotatable bonds is 6. The summed E-state index contributed by atoms with van der Waals surface area (Å²) in [6, 6.07) is 5.31. The van der Waals surface area contributed by atoms with Crippen molar-refractivity contribution in [2.45, 2.75) is 30.7 Å². The van der Waals surface area contributed by atoms with Gasteiger partial charge < -0.3 is 9.64 Å². The number of anilines is 1. The maximum atomic E-state index is 13.8. The molecule has 2 heterocycles. The number of piperidine rings is 1. The van der Waals surface area contributed by atoms with Crippen LogP contribution in [0.25, 0.3) is 0 Å². The second-order valence-corrected chi connectivity index (χ2v) is 7.77. The standard InChI is InChI=1S/C17H21FN4O3S/c1-25-15-6-5-13(11-14(15)18)26(23,24)20-12-16-19-8-7-17(21-16)22-9-3-2-4-10-22/h5-8,11,20H,2-4,9-10,12H2,1H3. The van der Waals surface area contributed by atoms with Gasteiger partial charge in [0, 0.05) is 19.3 Å². The molecule has 1 saturated heterocycles. The van der Waals surface area contributed by atoms with Gasteiger partial charge in [-0.25, -0.2) is 27.5 Å². The van der Waals surface area contributed by atoms with Crippen LogP contribution in [0.5, 0.6) is 5.75 Å². The molecule has 1 aliphatic rings. The van der Waals surface area contributed by atoms with E-state index >= 15 is 0 Å². The maximum absolute atomic E-state index is 13.8. The molecule has 0 bridgehead atoms. The minimum Gasteiger partial charge on any atom is -0.494 e. The van der Waals surface area contributed by atoms with Gasteiger partial charge in [-0.1, -0.05) is 0 Å². The van der Waals surface area contributed by atoms with Crippen LogP contribution in [0.2, 0.25) is 0 Å². The molecule has 0 unspecified atom stereocenters. The van der Waals surface area contributed by atoms with E-state index in [-0.39, 0.29) is 17.2 Å². The fraction of sp³-hybridized carbons (Fsp3) is 0.412. The number of ether oxygens (including phenoxy) is 1. The van der Waals surface area contributed by atoms with Crippen molar-refractivity contribution >= 4 is 15.8 Å². The van der Waals surface area contributed by atoms with Crippen LogP contribution in [-0.2, 0) is 16.6 Å². The predicted octanol–water partition coefficient (Wildman–Crippen LogP) is 2.09. The SMILES string of the molecule is COc1ccc(S(=O)(=O)NCc2nccc(N3CCCCC3)n2)cc1F. The van der Waals surface area contributed by atoms with Gasteiger partial charge in [-0.3, -0.25) is 0 Å². The van der Waals surface area contributed by atoms with Crippen molar-refractivity contribution in [2.24, 2.45) is 0 Å². The molecule has 2 aromatic rings. The van der Waals surface area contributed by atoms with Gasteiger partial charge in [-0.2, -0.15) is 0 Å². The van der Waals surface area contributed by atoms with Crippen molar-refractivity contribution in [3.8, 4) is 5.75 Å². The summed E-state index contributed by atoms with van der Waals surface area (Å²) in [4.78, 5) is 10.5. The lowest BCUT2D eigenvalue weighted by molar-refractivity contribution is 0.385. The van der Waals surface area contributed by atoms with Crippen molar-refractivity contribution in [3.63, 3.8) is 0 Å². The third-order valence-electron chi connectivity index (χ3n) is 4.22. The normalized spacial score (nSPS) is 15.1. The fourth-order valence-electron chi connectivity index (χ4n) is 2.83. The quantitative estimate of drug-likeness (QED) is 0.826. The monoisotopic (exact) mass is 380 g/mol. The van der Waals surface area contributed by atoms with E-state index in [1.165, 1.54) is 25.7 Å². The van der Waals surface area contributed by atoms with E-state index in [1.54, 1.807) is 6.20 Å². The molecule has 1 aromatic heterocycles. The lowest BCUT2D eigenvalue weighted by Gasteiger charge is -2.27. The van der Waals surface area contributed by atoms with E-state index in [9.17, 15) is 12.8 Å². The highest BCUT2D eigenvalue weighted by atomic mass is 32.2. The van der Waals surface area contributed by atoms with Crippen molar-refractivity contribution < 1.29 is 17.5 Å². The highest BCUT2D eigenvalue weighted by Crippen LogP contribution is 2.21. The van der Waals surface area contributed by atoms with Crippen LogP contribution in [0.1, 0.15) is 25.1 Å². The number of sulfonamides is 1. The van der Waals surface area contributed by atoms with E-state index in [1.807, 2.05) is 6.07 Å². The average Bonchev–Trinajstić information content (AvgIpc) is 2.67. The number of methoxy groups -OCH3 is 1. The summed E-state index contributed by atoms with van der Waals surface area (Å²) in [7, 11) is -2.57. The van der Waals surface area contributed by atoms with Crippen LogP contribution in [0.3, 0.4) is 0 Å². The molecule has 7 nitrogen and oxygen atoms in total. The van der Waals surface area contributed by atoms with E-state index in [0.717, 1.165) is 37.8 Å². The van der Waals surface area contributed by atoms with Gasteiger partial charge in [0.15, 0.2) is 11.6 Å². The van der Waals surface area contributed by atoms with Gasteiger partial charge in [-0.15, -0.1) is 0 Å². The molecule has 0 atom stereocenters. The zero-order chi connectivity index (χ0) is 18.6. The number of hydrogen-bond donors (Lipinski definition) is 1. The van der Waals surface area contributed by atoms with Crippen LogP contribution < -0.4 is 14.4 Å². The Hall–Kier alpha value is -2.26. The number of benzene rings is 1. The highest BCUT2D eigenvalue weighted by molar-refractivity contribution is 7.89. The molecule has 0 spiro atoms. The van der Waals surface area contributed by atoms with Crippen molar-refractivity contribution in [2.75, 3.05) is 25.1 Å².